The fraction of sp³-hybridized carbons (Fsp3) is 0.462. The minimum Gasteiger partial charge on any atom is -0.496 e. The first kappa shape index (κ1) is 11.9. The molecule has 2 rings (SSSR count). The smallest absolute Gasteiger partial charge is 0.240 e. The number of amides is 1. The van der Waals surface area contributed by atoms with Crippen molar-refractivity contribution in [1.29, 1.82) is 0 Å². The molecule has 0 aromatic heterocycles. The second-order valence-electron chi connectivity index (χ2n) is 4.65. The first-order valence-electron chi connectivity index (χ1n) is 5.76. The zero-order valence-electron chi connectivity index (χ0n) is 10.2. The van der Waals surface area contributed by atoms with E-state index >= 15 is 0 Å². The number of benzene rings is 1. The van der Waals surface area contributed by atoms with E-state index in [0.29, 0.717) is 6.54 Å². The number of hydrogen-bond donors (Lipinski definition) is 2. The van der Waals surface area contributed by atoms with Crippen LogP contribution in [0.25, 0.3) is 0 Å². The van der Waals surface area contributed by atoms with Crippen LogP contribution in [0.2, 0.25) is 0 Å². The van der Waals surface area contributed by atoms with Crippen LogP contribution in [0.15, 0.2) is 18.2 Å². The van der Waals surface area contributed by atoms with Crippen molar-refractivity contribution in [3.05, 3.63) is 29.3 Å². The van der Waals surface area contributed by atoms with Crippen molar-refractivity contribution in [2.24, 2.45) is 5.73 Å². The highest BCUT2D eigenvalue weighted by molar-refractivity contribution is 5.88. The molecule has 1 aliphatic carbocycles. The topological polar surface area (TPSA) is 64.3 Å². The third-order valence-corrected chi connectivity index (χ3v) is 3.12. The van der Waals surface area contributed by atoms with Gasteiger partial charge in [-0.3, -0.25) is 4.79 Å². The zero-order valence-corrected chi connectivity index (χ0v) is 10.2. The SMILES string of the molecule is COc1ccc(C)cc1CNC(=O)C1(N)CC1. The lowest BCUT2D eigenvalue weighted by atomic mass is 10.1. The fourth-order valence-corrected chi connectivity index (χ4v) is 1.76. The van der Waals surface area contributed by atoms with Crippen molar-refractivity contribution in [3.8, 4) is 5.75 Å². The molecule has 0 bridgehead atoms. The molecule has 1 aromatic rings. The first-order valence-corrected chi connectivity index (χ1v) is 5.76. The molecular formula is C13H18N2O2. The van der Waals surface area contributed by atoms with Crippen LogP contribution in [0.5, 0.6) is 5.75 Å². The van der Waals surface area contributed by atoms with Crippen molar-refractivity contribution < 1.29 is 9.53 Å². The quantitative estimate of drug-likeness (QED) is 0.820. The molecule has 0 heterocycles. The van der Waals surface area contributed by atoms with Gasteiger partial charge in [-0.25, -0.2) is 0 Å². The number of aryl methyl sites for hydroxylation is 1. The zero-order chi connectivity index (χ0) is 12.5. The van der Waals surface area contributed by atoms with Crippen LogP contribution in [0.4, 0.5) is 0 Å². The summed E-state index contributed by atoms with van der Waals surface area (Å²) >= 11 is 0. The Bertz CT molecular complexity index is 439. The van der Waals surface area contributed by atoms with Gasteiger partial charge in [-0.05, 0) is 25.8 Å². The Balaban J connectivity index is 2.03. The Morgan fingerprint density at radius 1 is 1.53 bits per heavy atom. The molecule has 4 heteroatoms. The van der Waals surface area contributed by atoms with Gasteiger partial charge in [0, 0.05) is 12.1 Å². The summed E-state index contributed by atoms with van der Waals surface area (Å²) in [5, 5.41) is 2.86. The summed E-state index contributed by atoms with van der Waals surface area (Å²) in [6, 6.07) is 5.90. The molecule has 92 valence electrons. The average molecular weight is 234 g/mol. The molecule has 1 aliphatic rings. The van der Waals surface area contributed by atoms with Crippen LogP contribution in [-0.4, -0.2) is 18.6 Å². The van der Waals surface area contributed by atoms with Crippen LogP contribution in [0.1, 0.15) is 24.0 Å². The molecule has 1 fully saturated rings. The molecule has 1 saturated carbocycles. The van der Waals surface area contributed by atoms with E-state index in [1.54, 1.807) is 7.11 Å². The molecule has 0 spiro atoms. The predicted molar refractivity (Wildman–Crippen MR) is 65.7 cm³/mol. The van der Waals surface area contributed by atoms with Gasteiger partial charge in [-0.15, -0.1) is 0 Å². The summed E-state index contributed by atoms with van der Waals surface area (Å²) < 4.78 is 5.25. The largest absolute Gasteiger partial charge is 0.496 e. The van der Waals surface area contributed by atoms with E-state index in [4.69, 9.17) is 10.5 Å². The van der Waals surface area contributed by atoms with E-state index in [2.05, 4.69) is 5.32 Å². The molecule has 0 unspecified atom stereocenters. The maximum Gasteiger partial charge on any atom is 0.240 e. The highest BCUT2D eigenvalue weighted by atomic mass is 16.5. The maximum absolute atomic E-state index is 11.7. The van der Waals surface area contributed by atoms with Crippen molar-refractivity contribution in [3.63, 3.8) is 0 Å². The second-order valence-corrected chi connectivity index (χ2v) is 4.65. The number of ether oxygens (including phenoxy) is 1. The number of carbonyl (C=O) groups excluding carboxylic acids is 1. The molecule has 1 amide bonds. The van der Waals surface area contributed by atoms with Gasteiger partial charge in [0.25, 0.3) is 0 Å². The lowest BCUT2D eigenvalue weighted by Crippen LogP contribution is -2.42. The van der Waals surface area contributed by atoms with Crippen LogP contribution in [-0.2, 0) is 11.3 Å². The van der Waals surface area contributed by atoms with Gasteiger partial charge >= 0.3 is 0 Å². The van der Waals surface area contributed by atoms with Crippen LogP contribution in [0, 0.1) is 6.92 Å². The lowest BCUT2D eigenvalue weighted by molar-refractivity contribution is -0.123. The van der Waals surface area contributed by atoms with Crippen LogP contribution >= 0.6 is 0 Å². The summed E-state index contributed by atoms with van der Waals surface area (Å²) in [4.78, 5) is 11.7. The van der Waals surface area contributed by atoms with Gasteiger partial charge < -0.3 is 15.8 Å². The first-order chi connectivity index (χ1) is 8.05. The highest BCUT2D eigenvalue weighted by Gasteiger charge is 2.45. The van der Waals surface area contributed by atoms with Crippen molar-refractivity contribution in [1.82, 2.24) is 5.32 Å². The molecule has 3 N–H and O–H groups in total. The molecule has 0 radical (unpaired) electrons. The Kier molecular flexibility index (Phi) is 3.07. The van der Waals surface area contributed by atoms with E-state index in [-0.39, 0.29) is 5.91 Å². The third-order valence-electron chi connectivity index (χ3n) is 3.12. The summed E-state index contributed by atoms with van der Waals surface area (Å²) in [6.45, 7) is 2.47. The molecule has 0 saturated heterocycles. The van der Waals surface area contributed by atoms with Gasteiger partial charge in [-0.2, -0.15) is 0 Å². The van der Waals surface area contributed by atoms with Crippen molar-refractivity contribution >= 4 is 5.91 Å². The Morgan fingerprint density at radius 3 is 2.82 bits per heavy atom. The van der Waals surface area contributed by atoms with Crippen molar-refractivity contribution in [2.75, 3.05) is 7.11 Å². The van der Waals surface area contributed by atoms with E-state index < -0.39 is 5.54 Å². The van der Waals surface area contributed by atoms with E-state index in [9.17, 15) is 4.79 Å². The van der Waals surface area contributed by atoms with Crippen LogP contribution < -0.4 is 15.8 Å². The summed E-state index contributed by atoms with van der Waals surface area (Å²) in [5.41, 5.74) is 7.32. The summed E-state index contributed by atoms with van der Waals surface area (Å²) in [5.74, 6) is 0.721. The molecule has 0 aliphatic heterocycles. The number of hydrogen-bond acceptors (Lipinski definition) is 3. The third kappa shape index (κ3) is 2.58. The molecular weight excluding hydrogens is 216 g/mol. The summed E-state index contributed by atoms with van der Waals surface area (Å²) in [7, 11) is 1.63. The number of nitrogens with two attached hydrogens (primary N) is 1. The van der Waals surface area contributed by atoms with E-state index in [0.717, 1.165) is 29.7 Å². The van der Waals surface area contributed by atoms with E-state index in [1.165, 1.54) is 0 Å². The van der Waals surface area contributed by atoms with Gasteiger partial charge in [0.15, 0.2) is 0 Å². The Hall–Kier alpha value is -1.55. The Labute approximate surface area is 101 Å². The average Bonchev–Trinajstić information content (AvgIpc) is 3.06. The number of methoxy groups -OCH3 is 1. The summed E-state index contributed by atoms with van der Waals surface area (Å²) in [6.07, 6.45) is 1.56. The van der Waals surface area contributed by atoms with Gasteiger partial charge in [-0.1, -0.05) is 17.7 Å². The normalized spacial score (nSPS) is 16.4. The minimum atomic E-state index is -0.614. The standard InChI is InChI=1S/C13H18N2O2/c1-9-3-4-11(17-2)10(7-9)8-15-12(16)13(14)5-6-13/h3-4,7H,5-6,8,14H2,1-2H3,(H,15,16). The predicted octanol–water partition coefficient (Wildman–Crippen LogP) is 1.11. The maximum atomic E-state index is 11.7. The number of nitrogens with one attached hydrogen (secondary N) is 1. The number of carbonyl (C=O) groups is 1. The van der Waals surface area contributed by atoms with E-state index in [1.807, 2.05) is 25.1 Å². The van der Waals surface area contributed by atoms with Crippen molar-refractivity contribution in [2.45, 2.75) is 31.8 Å². The lowest BCUT2D eigenvalue weighted by Gasteiger charge is -2.13. The van der Waals surface area contributed by atoms with Gasteiger partial charge in [0.1, 0.15) is 5.75 Å². The molecule has 1 aromatic carbocycles. The highest BCUT2D eigenvalue weighted by Crippen LogP contribution is 2.32. The Morgan fingerprint density at radius 2 is 2.24 bits per heavy atom. The second kappa shape index (κ2) is 4.37. The van der Waals surface area contributed by atoms with Gasteiger partial charge in [0.2, 0.25) is 5.91 Å². The molecule has 17 heavy (non-hydrogen) atoms. The minimum absolute atomic E-state index is 0.0685. The molecule has 0 atom stereocenters. The monoisotopic (exact) mass is 234 g/mol. The number of rotatable bonds is 4. The fourth-order valence-electron chi connectivity index (χ4n) is 1.76. The van der Waals surface area contributed by atoms with Crippen LogP contribution in [0.3, 0.4) is 0 Å². The molecule has 4 nitrogen and oxygen atoms in total. The van der Waals surface area contributed by atoms with Gasteiger partial charge in [0.05, 0.1) is 12.6 Å².